The monoisotopic (exact) mass is 823 g/mol. The summed E-state index contributed by atoms with van der Waals surface area (Å²) in [4.78, 5) is 0. The van der Waals surface area contributed by atoms with E-state index in [0.29, 0.717) is 44.7 Å². The standard InChI is InChI=1S/C13H29O3P.C11H25O2P.C9H21OP.C8H19OP/c1-5-17(6-2)12-11-15-8-7-14-9-10-16-13(3)4;1-5-14(6-2)10-9-12-7-8-13-11(3)4;1-5-11(6-2)8-7-10-9(3)4;1-5-10(6-2)7-9-8(3)4/h13H,5-12H2,1-4H3;11H,5-10H2,1-4H3;9H,5-8H2,1-4H3;8H,5-7H2,1-4H3. The molecule has 0 radical (unpaired) electrons. The van der Waals surface area contributed by atoms with Gasteiger partial charge in [0.1, 0.15) is 0 Å². The Morgan fingerprint density at radius 3 is 0.827 bits per heavy atom. The van der Waals surface area contributed by atoms with Gasteiger partial charge in [0.05, 0.1) is 90.2 Å². The first kappa shape index (κ1) is 60.1. The van der Waals surface area contributed by atoms with Crippen molar-refractivity contribution < 1.29 is 33.2 Å². The third kappa shape index (κ3) is 53.5. The van der Waals surface area contributed by atoms with Crippen LogP contribution < -0.4 is 0 Å². The molecule has 0 spiro atoms. The molecule has 0 heterocycles. The van der Waals surface area contributed by atoms with Crippen molar-refractivity contribution in [2.75, 3.05) is 134 Å². The van der Waals surface area contributed by atoms with Crippen molar-refractivity contribution in [3.63, 3.8) is 0 Å². The minimum Gasteiger partial charge on any atom is -0.379 e. The number of ether oxygens (including phenoxy) is 7. The molecule has 52 heavy (non-hydrogen) atoms. The van der Waals surface area contributed by atoms with E-state index in [4.69, 9.17) is 33.2 Å². The van der Waals surface area contributed by atoms with Crippen molar-refractivity contribution in [3.8, 4) is 0 Å². The summed E-state index contributed by atoms with van der Waals surface area (Å²) in [7, 11) is 0.942. The second-order valence-corrected chi connectivity index (χ2v) is 25.4. The Morgan fingerprint density at radius 1 is 0.288 bits per heavy atom. The van der Waals surface area contributed by atoms with E-state index in [2.05, 4.69) is 83.1 Å². The lowest BCUT2D eigenvalue weighted by Crippen LogP contribution is -2.13. The lowest BCUT2D eigenvalue weighted by molar-refractivity contribution is 0.000348. The first-order chi connectivity index (χ1) is 24.8. The average Bonchev–Trinajstić information content (AvgIpc) is 3.11. The highest BCUT2D eigenvalue weighted by Gasteiger charge is 2.04. The molecule has 11 heteroatoms. The summed E-state index contributed by atoms with van der Waals surface area (Å²) in [6.45, 7) is 41.7. The normalized spacial score (nSPS) is 11.5. The molecule has 0 fully saturated rings. The SMILES string of the molecule is CCP(CC)CCOC(C)C.CCP(CC)CCOCCOC(C)C.CCP(CC)CCOCCOCCOC(C)C.CCP(CC)COC(C)C. The molecule has 0 saturated heterocycles. The van der Waals surface area contributed by atoms with Crippen LogP contribution in [0.1, 0.15) is 111 Å². The van der Waals surface area contributed by atoms with E-state index in [0.717, 1.165) is 39.4 Å². The highest BCUT2D eigenvalue weighted by Crippen LogP contribution is 2.35. The maximum atomic E-state index is 5.55. The predicted molar refractivity (Wildman–Crippen MR) is 243 cm³/mol. The zero-order valence-electron chi connectivity index (χ0n) is 37.8. The molecule has 0 aromatic rings. The van der Waals surface area contributed by atoms with E-state index in [-0.39, 0.29) is 37.8 Å². The molecule has 0 aliphatic heterocycles. The van der Waals surface area contributed by atoms with Crippen LogP contribution in [0.25, 0.3) is 0 Å². The van der Waals surface area contributed by atoms with Crippen molar-refractivity contribution in [1.29, 1.82) is 0 Å². The molecule has 0 aromatic heterocycles. The van der Waals surface area contributed by atoms with Gasteiger partial charge in [-0.2, -0.15) is 0 Å². The summed E-state index contributed by atoms with van der Waals surface area (Å²) in [5, 5.41) is 0. The van der Waals surface area contributed by atoms with E-state index in [1.165, 1.54) is 67.8 Å². The summed E-state index contributed by atoms with van der Waals surface area (Å²) in [5.41, 5.74) is 0. The second-order valence-electron chi connectivity index (χ2n) is 13.3. The van der Waals surface area contributed by atoms with Gasteiger partial charge in [0.25, 0.3) is 0 Å². The summed E-state index contributed by atoms with van der Waals surface area (Å²) in [5.74, 6) is 0. The topological polar surface area (TPSA) is 64.6 Å². The Labute approximate surface area is 332 Å². The molecule has 0 aromatic carbocycles. The van der Waals surface area contributed by atoms with E-state index in [9.17, 15) is 0 Å². The van der Waals surface area contributed by atoms with Gasteiger partial charge in [-0.05, 0) is 123 Å². The van der Waals surface area contributed by atoms with Crippen LogP contribution in [0.15, 0.2) is 0 Å². The van der Waals surface area contributed by atoms with Crippen molar-refractivity contribution in [2.24, 2.45) is 0 Å². The van der Waals surface area contributed by atoms with Gasteiger partial charge in [0.15, 0.2) is 0 Å². The van der Waals surface area contributed by atoms with Gasteiger partial charge in [-0.3, -0.25) is 0 Å². The average molecular weight is 823 g/mol. The van der Waals surface area contributed by atoms with E-state index in [1.54, 1.807) is 0 Å². The second kappa shape index (κ2) is 48.6. The van der Waals surface area contributed by atoms with E-state index < -0.39 is 0 Å². The van der Waals surface area contributed by atoms with E-state index in [1.807, 2.05) is 27.7 Å². The molecule has 0 saturated carbocycles. The lowest BCUT2D eigenvalue weighted by atomic mass is 10.5. The van der Waals surface area contributed by atoms with Crippen molar-refractivity contribution in [3.05, 3.63) is 0 Å². The molecule has 0 unspecified atom stereocenters. The fourth-order valence-electron chi connectivity index (χ4n) is 4.19. The molecule has 7 nitrogen and oxygen atoms in total. The summed E-state index contributed by atoms with van der Waals surface area (Å²) >= 11 is 0. The molecule has 320 valence electrons. The Bertz CT molecular complexity index is 618. The van der Waals surface area contributed by atoms with Crippen LogP contribution in [0.4, 0.5) is 0 Å². The molecule has 0 amide bonds. The molecule has 0 N–H and O–H groups in total. The zero-order valence-corrected chi connectivity index (χ0v) is 41.4. The fourth-order valence-corrected chi connectivity index (χ4v) is 9.89. The molecule has 0 aliphatic carbocycles. The molecule has 0 bridgehead atoms. The zero-order chi connectivity index (χ0) is 40.4. The Kier molecular flexibility index (Phi) is 56.2. The predicted octanol–water partition coefficient (Wildman–Crippen LogP) is 11.7. The first-order valence-electron chi connectivity index (χ1n) is 20.9. The molecular weight excluding hydrogens is 728 g/mol. The van der Waals surface area contributed by atoms with Crippen molar-refractivity contribution in [2.45, 2.75) is 135 Å². The Hall–Kier alpha value is 1.44. The maximum Gasteiger partial charge on any atom is 0.0703 e. The van der Waals surface area contributed by atoms with Gasteiger partial charge < -0.3 is 33.2 Å². The number of hydrogen-bond donors (Lipinski definition) is 0. The van der Waals surface area contributed by atoms with Gasteiger partial charge in [-0.15, -0.1) is 23.8 Å². The maximum absolute atomic E-state index is 5.55. The van der Waals surface area contributed by atoms with Crippen molar-refractivity contribution >= 4 is 31.7 Å². The Morgan fingerprint density at radius 2 is 0.538 bits per heavy atom. The minimum absolute atomic E-state index is 0.189. The summed E-state index contributed by atoms with van der Waals surface area (Å²) in [6, 6.07) is 0. The summed E-state index contributed by atoms with van der Waals surface area (Å²) < 4.78 is 38.2. The third-order valence-electron chi connectivity index (χ3n) is 7.86. The molecule has 0 aliphatic rings. The highest BCUT2D eigenvalue weighted by atomic mass is 31.1. The molecule has 0 rings (SSSR count). The smallest absolute Gasteiger partial charge is 0.0703 e. The Balaban J connectivity index is -0.000000302. The minimum atomic E-state index is 0.189. The van der Waals surface area contributed by atoms with Gasteiger partial charge in [-0.1, -0.05) is 63.3 Å². The van der Waals surface area contributed by atoms with Crippen LogP contribution >= 0.6 is 31.7 Å². The number of rotatable bonds is 32. The first-order valence-corrected chi connectivity index (χ1v) is 28.5. The summed E-state index contributed by atoms with van der Waals surface area (Å²) in [6.07, 6.45) is 16.8. The van der Waals surface area contributed by atoms with Crippen molar-refractivity contribution in [1.82, 2.24) is 0 Å². The lowest BCUT2D eigenvalue weighted by Gasteiger charge is -2.15. The van der Waals surface area contributed by atoms with Gasteiger partial charge in [0, 0.05) is 0 Å². The van der Waals surface area contributed by atoms with Crippen LogP contribution in [-0.2, 0) is 33.2 Å². The quantitative estimate of drug-likeness (QED) is 0.0494. The third-order valence-corrected chi connectivity index (χ3v) is 18.0. The van der Waals surface area contributed by atoms with Crippen LogP contribution in [0.3, 0.4) is 0 Å². The highest BCUT2D eigenvalue weighted by molar-refractivity contribution is 7.58. The number of hydrogen-bond acceptors (Lipinski definition) is 7. The van der Waals surface area contributed by atoms with Crippen LogP contribution in [-0.4, -0.2) is 158 Å². The fraction of sp³-hybridized carbons (Fsp3) is 1.00. The van der Waals surface area contributed by atoms with Crippen LogP contribution in [0.5, 0.6) is 0 Å². The largest absolute Gasteiger partial charge is 0.379 e. The van der Waals surface area contributed by atoms with Crippen LogP contribution in [0, 0.1) is 0 Å². The van der Waals surface area contributed by atoms with E-state index >= 15 is 0 Å². The van der Waals surface area contributed by atoms with Gasteiger partial charge in [0.2, 0.25) is 0 Å². The van der Waals surface area contributed by atoms with Gasteiger partial charge >= 0.3 is 0 Å². The molecular formula is C41H94O7P4. The molecule has 0 atom stereocenters. The van der Waals surface area contributed by atoms with Gasteiger partial charge in [-0.25, -0.2) is 0 Å². The van der Waals surface area contributed by atoms with Crippen LogP contribution in [0.2, 0.25) is 0 Å².